The van der Waals surface area contributed by atoms with E-state index in [1.165, 1.54) is 4.57 Å². The second kappa shape index (κ2) is 6.46. The molecule has 0 bridgehead atoms. The summed E-state index contributed by atoms with van der Waals surface area (Å²) in [5.41, 5.74) is 3.70. The monoisotopic (exact) mass is 412 g/mol. The third-order valence-corrected chi connectivity index (χ3v) is 5.38. The topological polar surface area (TPSA) is 54.6 Å². The molecule has 1 aromatic heterocycles. The molecule has 6 heteroatoms. The molecular formula is C19H13BrN2O2S. The van der Waals surface area contributed by atoms with Crippen molar-refractivity contribution in [1.29, 1.82) is 0 Å². The lowest BCUT2D eigenvalue weighted by Gasteiger charge is -2.04. The number of aromatic nitrogens is 1. The Morgan fingerprint density at radius 3 is 2.80 bits per heavy atom. The number of nitrogens with zero attached hydrogens (tertiary/aromatic N) is 2. The first-order valence-corrected chi connectivity index (χ1v) is 9.25. The summed E-state index contributed by atoms with van der Waals surface area (Å²) in [5.74, 6) is -0.0109. The van der Waals surface area contributed by atoms with Crippen LogP contribution in [0.15, 0.2) is 62.8 Å². The first-order valence-electron chi connectivity index (χ1n) is 7.64. The lowest BCUT2D eigenvalue weighted by Crippen LogP contribution is -2.13. The summed E-state index contributed by atoms with van der Waals surface area (Å²) >= 11 is 4.49. The number of fused-ring (bicyclic) bond motifs is 1. The number of hydrogen-bond donors (Lipinski definition) is 1. The average molecular weight is 413 g/mol. The van der Waals surface area contributed by atoms with Gasteiger partial charge in [0.15, 0.2) is 0 Å². The number of aromatic hydroxyl groups is 1. The van der Waals surface area contributed by atoms with Gasteiger partial charge in [-0.2, -0.15) is 0 Å². The summed E-state index contributed by atoms with van der Waals surface area (Å²) in [4.78, 5) is 17.0. The van der Waals surface area contributed by atoms with E-state index in [0.29, 0.717) is 11.4 Å². The maximum absolute atomic E-state index is 12.3. The molecule has 0 fully saturated rings. The van der Waals surface area contributed by atoms with Crippen LogP contribution in [0.25, 0.3) is 11.6 Å². The maximum atomic E-state index is 12.3. The van der Waals surface area contributed by atoms with Crippen LogP contribution < -0.4 is 4.87 Å². The summed E-state index contributed by atoms with van der Waals surface area (Å²) in [5, 5.41) is 10.5. The van der Waals surface area contributed by atoms with Crippen molar-refractivity contribution in [1.82, 2.24) is 4.57 Å². The van der Waals surface area contributed by atoms with Crippen LogP contribution in [0, 0.1) is 0 Å². The van der Waals surface area contributed by atoms with Gasteiger partial charge >= 0.3 is 4.87 Å². The predicted molar refractivity (Wildman–Crippen MR) is 106 cm³/mol. The van der Waals surface area contributed by atoms with Crippen LogP contribution >= 0.6 is 27.3 Å². The Bertz CT molecular complexity index is 1060. The van der Waals surface area contributed by atoms with E-state index in [2.05, 4.69) is 20.9 Å². The third-order valence-electron chi connectivity index (χ3n) is 3.98. The van der Waals surface area contributed by atoms with Gasteiger partial charge in [-0.15, -0.1) is 0 Å². The lowest BCUT2D eigenvalue weighted by molar-refractivity contribution is 0.420. The second-order valence-electron chi connectivity index (χ2n) is 5.65. The molecular weight excluding hydrogens is 400 g/mol. The molecule has 3 aromatic rings. The van der Waals surface area contributed by atoms with Crippen molar-refractivity contribution >= 4 is 50.8 Å². The number of rotatable bonds is 3. The van der Waals surface area contributed by atoms with Crippen LogP contribution in [0.1, 0.15) is 16.0 Å². The zero-order valence-corrected chi connectivity index (χ0v) is 15.4. The highest BCUT2D eigenvalue weighted by Gasteiger charge is 2.17. The van der Waals surface area contributed by atoms with Crippen molar-refractivity contribution in [3.05, 3.63) is 78.7 Å². The molecule has 0 saturated heterocycles. The Kier molecular flexibility index (Phi) is 4.15. The van der Waals surface area contributed by atoms with Crippen LogP contribution in [0.3, 0.4) is 0 Å². The highest BCUT2D eigenvalue weighted by molar-refractivity contribution is 9.10. The van der Waals surface area contributed by atoms with Crippen LogP contribution in [-0.2, 0) is 6.54 Å². The third kappa shape index (κ3) is 3.10. The zero-order valence-electron chi connectivity index (χ0n) is 13.0. The van der Waals surface area contributed by atoms with Gasteiger partial charge in [0.2, 0.25) is 5.88 Å². The Balaban J connectivity index is 1.72. The van der Waals surface area contributed by atoms with Crippen LogP contribution in [0.5, 0.6) is 5.88 Å². The first kappa shape index (κ1) is 16.1. The van der Waals surface area contributed by atoms with E-state index in [4.69, 9.17) is 0 Å². The van der Waals surface area contributed by atoms with Crippen LogP contribution in [-0.4, -0.2) is 15.9 Å². The van der Waals surface area contributed by atoms with E-state index >= 15 is 0 Å². The van der Waals surface area contributed by atoms with Gasteiger partial charge in [0.25, 0.3) is 0 Å². The molecule has 0 aliphatic carbocycles. The Morgan fingerprint density at radius 2 is 2.00 bits per heavy atom. The smallest absolute Gasteiger partial charge is 0.310 e. The van der Waals surface area contributed by atoms with Gasteiger partial charge in [-0.3, -0.25) is 14.4 Å². The van der Waals surface area contributed by atoms with Gasteiger partial charge in [-0.1, -0.05) is 57.6 Å². The number of benzene rings is 2. The number of thiazole rings is 1. The van der Waals surface area contributed by atoms with E-state index in [9.17, 15) is 9.90 Å². The number of aliphatic imine (C=N–C) groups is 1. The second-order valence-corrected chi connectivity index (χ2v) is 7.56. The average Bonchev–Trinajstić information content (AvgIpc) is 3.12. The van der Waals surface area contributed by atoms with Gasteiger partial charge in [0.1, 0.15) is 0 Å². The van der Waals surface area contributed by atoms with Gasteiger partial charge in [0.05, 0.1) is 17.1 Å². The van der Waals surface area contributed by atoms with Gasteiger partial charge in [0, 0.05) is 21.8 Å². The fourth-order valence-corrected chi connectivity index (χ4v) is 3.93. The minimum atomic E-state index is -0.183. The molecule has 0 atom stereocenters. The molecule has 4 nitrogen and oxygen atoms in total. The van der Waals surface area contributed by atoms with Crippen LogP contribution in [0.4, 0.5) is 5.69 Å². The first-order chi connectivity index (χ1) is 12.1. The van der Waals surface area contributed by atoms with Crippen molar-refractivity contribution in [2.24, 2.45) is 4.99 Å². The molecule has 2 aromatic carbocycles. The van der Waals surface area contributed by atoms with E-state index in [-0.39, 0.29) is 10.8 Å². The fourth-order valence-electron chi connectivity index (χ4n) is 2.73. The van der Waals surface area contributed by atoms with Gasteiger partial charge in [-0.25, -0.2) is 0 Å². The fraction of sp³-hybridized carbons (Fsp3) is 0.0526. The molecule has 1 aliphatic heterocycles. The highest BCUT2D eigenvalue weighted by Crippen LogP contribution is 2.36. The minimum Gasteiger partial charge on any atom is -0.493 e. The molecule has 2 heterocycles. The summed E-state index contributed by atoms with van der Waals surface area (Å²) in [6, 6.07) is 15.5. The molecule has 0 unspecified atom stereocenters. The zero-order chi connectivity index (χ0) is 17.4. The van der Waals surface area contributed by atoms with E-state index < -0.39 is 0 Å². The Morgan fingerprint density at radius 1 is 1.20 bits per heavy atom. The van der Waals surface area contributed by atoms with E-state index in [1.54, 1.807) is 6.21 Å². The molecule has 124 valence electrons. The largest absolute Gasteiger partial charge is 0.493 e. The van der Waals surface area contributed by atoms with E-state index in [1.807, 2.05) is 54.6 Å². The molecule has 1 N–H and O–H groups in total. The molecule has 4 rings (SSSR count). The van der Waals surface area contributed by atoms with Crippen molar-refractivity contribution in [3.8, 4) is 5.88 Å². The summed E-state index contributed by atoms with van der Waals surface area (Å²) in [7, 11) is 0. The van der Waals surface area contributed by atoms with Crippen molar-refractivity contribution in [3.63, 3.8) is 0 Å². The summed E-state index contributed by atoms with van der Waals surface area (Å²) in [6.45, 7) is 0.349. The number of allylic oxidation sites excluding steroid dienone is 1. The SMILES string of the molecule is O=c1sc(/C=C2/C=Nc3ccc(Br)cc32)c(O)n1Cc1ccccc1. The Labute approximate surface area is 156 Å². The standard InChI is InChI=1S/C19H13BrN2O2S/c20-14-6-7-16-15(9-14)13(10-21-16)8-17-18(23)22(19(24)25-17)11-12-4-2-1-3-5-12/h1-10,23H,11H2/b13-8-. The Hall–Kier alpha value is -2.44. The minimum absolute atomic E-state index is 0.0109. The van der Waals surface area contributed by atoms with E-state index in [0.717, 1.165) is 38.2 Å². The van der Waals surface area contributed by atoms with Gasteiger partial charge in [-0.05, 0) is 29.8 Å². The number of hydrogen-bond acceptors (Lipinski definition) is 4. The summed E-state index contributed by atoms with van der Waals surface area (Å²) in [6.07, 6.45) is 3.56. The van der Waals surface area contributed by atoms with Crippen molar-refractivity contribution < 1.29 is 5.11 Å². The molecule has 0 saturated carbocycles. The predicted octanol–water partition coefficient (Wildman–Crippen LogP) is 4.68. The molecule has 1 aliphatic rings. The molecule has 0 amide bonds. The number of halogens is 1. The summed E-state index contributed by atoms with van der Waals surface area (Å²) < 4.78 is 2.35. The molecule has 0 spiro atoms. The lowest BCUT2D eigenvalue weighted by atomic mass is 10.1. The van der Waals surface area contributed by atoms with Crippen molar-refractivity contribution in [2.75, 3.05) is 0 Å². The molecule has 0 radical (unpaired) electrons. The normalized spacial score (nSPS) is 14.2. The quantitative estimate of drug-likeness (QED) is 0.678. The van der Waals surface area contributed by atoms with Crippen molar-refractivity contribution in [2.45, 2.75) is 6.54 Å². The van der Waals surface area contributed by atoms with Gasteiger partial charge < -0.3 is 5.11 Å². The highest BCUT2D eigenvalue weighted by atomic mass is 79.9. The maximum Gasteiger partial charge on any atom is 0.310 e. The van der Waals surface area contributed by atoms with Crippen LogP contribution in [0.2, 0.25) is 0 Å². The molecule has 25 heavy (non-hydrogen) atoms.